The summed E-state index contributed by atoms with van der Waals surface area (Å²) < 4.78 is 43.5. The SMILES string of the molecule is N#Cc1cc(Oc2ccccc2CO)ccc1C(F)(F)F. The zero-order chi connectivity index (χ0) is 15.5. The first kappa shape index (κ1) is 14.9. The first-order valence-corrected chi connectivity index (χ1v) is 5.93. The number of nitriles is 1. The predicted octanol–water partition coefficient (Wildman–Crippen LogP) is 3.86. The molecule has 2 aromatic rings. The van der Waals surface area contributed by atoms with Crippen LogP contribution in [-0.2, 0) is 12.8 Å². The van der Waals surface area contributed by atoms with Crippen LogP contribution in [0.5, 0.6) is 11.5 Å². The highest BCUT2D eigenvalue weighted by Crippen LogP contribution is 2.34. The van der Waals surface area contributed by atoms with Crippen LogP contribution in [0.15, 0.2) is 42.5 Å². The Morgan fingerprint density at radius 1 is 1.14 bits per heavy atom. The first-order valence-electron chi connectivity index (χ1n) is 5.93. The van der Waals surface area contributed by atoms with Gasteiger partial charge in [-0.2, -0.15) is 18.4 Å². The number of halogens is 3. The van der Waals surface area contributed by atoms with Gasteiger partial charge in [0.15, 0.2) is 0 Å². The average molecular weight is 293 g/mol. The lowest BCUT2D eigenvalue weighted by molar-refractivity contribution is -0.137. The molecule has 3 nitrogen and oxygen atoms in total. The largest absolute Gasteiger partial charge is 0.457 e. The summed E-state index contributed by atoms with van der Waals surface area (Å²) in [5.41, 5.74) is -1.02. The molecule has 0 aliphatic carbocycles. The molecule has 21 heavy (non-hydrogen) atoms. The van der Waals surface area contributed by atoms with Crippen molar-refractivity contribution in [1.82, 2.24) is 0 Å². The summed E-state index contributed by atoms with van der Waals surface area (Å²) in [5.74, 6) is 0.420. The number of para-hydroxylation sites is 1. The van der Waals surface area contributed by atoms with E-state index in [1.165, 1.54) is 6.07 Å². The smallest absolute Gasteiger partial charge is 0.417 e. The van der Waals surface area contributed by atoms with Gasteiger partial charge in [0.25, 0.3) is 0 Å². The monoisotopic (exact) mass is 293 g/mol. The molecule has 0 unspecified atom stereocenters. The highest BCUT2D eigenvalue weighted by Gasteiger charge is 2.33. The second kappa shape index (κ2) is 5.85. The van der Waals surface area contributed by atoms with Crippen molar-refractivity contribution in [2.75, 3.05) is 0 Å². The molecule has 0 radical (unpaired) electrons. The number of rotatable bonds is 3. The second-order valence-corrected chi connectivity index (χ2v) is 4.18. The van der Waals surface area contributed by atoms with Crippen LogP contribution in [0, 0.1) is 11.3 Å². The van der Waals surface area contributed by atoms with Gasteiger partial charge in [-0.15, -0.1) is 0 Å². The molecule has 0 fully saturated rings. The Morgan fingerprint density at radius 2 is 1.86 bits per heavy atom. The van der Waals surface area contributed by atoms with Gasteiger partial charge in [-0.3, -0.25) is 0 Å². The normalized spacial score (nSPS) is 11.0. The van der Waals surface area contributed by atoms with Crippen LogP contribution in [0.2, 0.25) is 0 Å². The molecule has 0 amide bonds. The van der Waals surface area contributed by atoms with Crippen molar-refractivity contribution < 1.29 is 23.0 Å². The first-order chi connectivity index (χ1) is 9.95. The maximum absolute atomic E-state index is 12.7. The molecule has 0 heterocycles. The third kappa shape index (κ3) is 3.33. The van der Waals surface area contributed by atoms with Crippen molar-refractivity contribution in [2.24, 2.45) is 0 Å². The Labute approximate surface area is 118 Å². The number of nitrogens with zero attached hydrogens (tertiary/aromatic N) is 1. The van der Waals surface area contributed by atoms with Crippen LogP contribution in [0.1, 0.15) is 16.7 Å². The summed E-state index contributed by atoms with van der Waals surface area (Å²) in [6.45, 7) is -0.262. The molecular weight excluding hydrogens is 283 g/mol. The van der Waals surface area contributed by atoms with E-state index in [2.05, 4.69) is 0 Å². The van der Waals surface area contributed by atoms with E-state index in [1.807, 2.05) is 0 Å². The lowest BCUT2D eigenvalue weighted by Crippen LogP contribution is -2.07. The number of ether oxygens (including phenoxy) is 1. The fraction of sp³-hybridized carbons (Fsp3) is 0.133. The maximum atomic E-state index is 12.7. The van der Waals surface area contributed by atoms with Gasteiger partial charge in [-0.25, -0.2) is 0 Å². The van der Waals surface area contributed by atoms with Crippen molar-refractivity contribution >= 4 is 0 Å². The molecule has 0 aliphatic rings. The predicted molar refractivity (Wildman–Crippen MR) is 68.6 cm³/mol. The van der Waals surface area contributed by atoms with Crippen molar-refractivity contribution in [3.8, 4) is 17.6 Å². The molecule has 0 spiro atoms. The number of hydrogen-bond donors (Lipinski definition) is 1. The van der Waals surface area contributed by atoms with Gasteiger partial charge in [-0.1, -0.05) is 18.2 Å². The minimum absolute atomic E-state index is 0.0976. The molecule has 6 heteroatoms. The third-order valence-corrected chi connectivity index (χ3v) is 2.79. The van der Waals surface area contributed by atoms with Crippen molar-refractivity contribution in [3.63, 3.8) is 0 Å². The van der Waals surface area contributed by atoms with Crippen LogP contribution >= 0.6 is 0 Å². The molecule has 1 N–H and O–H groups in total. The summed E-state index contributed by atoms with van der Waals surface area (Å²) in [6.07, 6.45) is -4.59. The zero-order valence-electron chi connectivity index (χ0n) is 10.7. The maximum Gasteiger partial charge on any atom is 0.417 e. The molecule has 0 atom stereocenters. The number of hydrogen-bond acceptors (Lipinski definition) is 3. The van der Waals surface area contributed by atoms with Crippen molar-refractivity contribution in [2.45, 2.75) is 12.8 Å². The number of aliphatic hydroxyl groups excluding tert-OH is 1. The number of alkyl halides is 3. The van der Waals surface area contributed by atoms with E-state index in [-0.39, 0.29) is 12.4 Å². The van der Waals surface area contributed by atoms with Crippen molar-refractivity contribution in [3.05, 3.63) is 59.2 Å². The van der Waals surface area contributed by atoms with E-state index in [1.54, 1.807) is 24.3 Å². The lowest BCUT2D eigenvalue weighted by Gasteiger charge is -2.12. The van der Waals surface area contributed by atoms with Crippen LogP contribution in [0.4, 0.5) is 13.2 Å². The topological polar surface area (TPSA) is 53.2 Å². The zero-order valence-corrected chi connectivity index (χ0v) is 10.7. The van der Waals surface area contributed by atoms with Gasteiger partial charge < -0.3 is 9.84 Å². The highest BCUT2D eigenvalue weighted by molar-refractivity contribution is 5.46. The Bertz CT molecular complexity index is 690. The van der Waals surface area contributed by atoms with Gasteiger partial charge in [0, 0.05) is 5.56 Å². The van der Waals surface area contributed by atoms with E-state index in [0.29, 0.717) is 11.3 Å². The van der Waals surface area contributed by atoms with E-state index in [0.717, 1.165) is 18.2 Å². The number of aliphatic hydroxyl groups is 1. The number of benzene rings is 2. The fourth-order valence-electron chi connectivity index (χ4n) is 1.79. The minimum atomic E-state index is -4.59. The second-order valence-electron chi connectivity index (χ2n) is 4.18. The quantitative estimate of drug-likeness (QED) is 0.934. The molecule has 108 valence electrons. The van der Waals surface area contributed by atoms with E-state index < -0.39 is 17.3 Å². The lowest BCUT2D eigenvalue weighted by atomic mass is 10.1. The van der Waals surface area contributed by atoms with Crippen LogP contribution < -0.4 is 4.74 Å². The van der Waals surface area contributed by atoms with Crippen LogP contribution in [0.3, 0.4) is 0 Å². The van der Waals surface area contributed by atoms with Crippen molar-refractivity contribution in [1.29, 1.82) is 5.26 Å². The van der Waals surface area contributed by atoms with E-state index in [4.69, 9.17) is 15.1 Å². The van der Waals surface area contributed by atoms with Crippen LogP contribution in [-0.4, -0.2) is 5.11 Å². The standard InChI is InChI=1S/C15H10F3NO2/c16-15(17,18)13-6-5-12(7-11(13)8-19)21-14-4-2-1-3-10(14)9-20/h1-7,20H,9H2. The Hall–Kier alpha value is -2.52. The van der Waals surface area contributed by atoms with Crippen LogP contribution in [0.25, 0.3) is 0 Å². The van der Waals surface area contributed by atoms with Gasteiger partial charge >= 0.3 is 6.18 Å². The van der Waals surface area contributed by atoms with E-state index >= 15 is 0 Å². The molecule has 2 aromatic carbocycles. The minimum Gasteiger partial charge on any atom is -0.457 e. The molecule has 0 aromatic heterocycles. The molecule has 0 bridgehead atoms. The molecule has 0 saturated carbocycles. The van der Waals surface area contributed by atoms with Gasteiger partial charge in [0.1, 0.15) is 11.5 Å². The fourth-order valence-corrected chi connectivity index (χ4v) is 1.79. The highest BCUT2D eigenvalue weighted by atomic mass is 19.4. The molecular formula is C15H10F3NO2. The summed E-state index contributed by atoms with van der Waals surface area (Å²) in [6, 6.07) is 11.0. The Kier molecular flexibility index (Phi) is 4.15. The summed E-state index contributed by atoms with van der Waals surface area (Å²) in [4.78, 5) is 0. The third-order valence-electron chi connectivity index (χ3n) is 2.79. The van der Waals surface area contributed by atoms with Gasteiger partial charge in [0.2, 0.25) is 0 Å². The summed E-state index contributed by atoms with van der Waals surface area (Å²) in [5, 5.41) is 18.0. The molecule has 0 aliphatic heterocycles. The van der Waals surface area contributed by atoms with Gasteiger partial charge in [-0.05, 0) is 24.3 Å². The average Bonchev–Trinajstić information content (AvgIpc) is 2.46. The Morgan fingerprint density at radius 3 is 2.48 bits per heavy atom. The van der Waals surface area contributed by atoms with Gasteiger partial charge in [0.05, 0.1) is 23.8 Å². The summed E-state index contributed by atoms with van der Waals surface area (Å²) >= 11 is 0. The molecule has 2 rings (SSSR count). The molecule has 0 saturated heterocycles. The van der Waals surface area contributed by atoms with E-state index in [9.17, 15) is 13.2 Å². The summed E-state index contributed by atoms with van der Waals surface area (Å²) in [7, 11) is 0. The Balaban J connectivity index is 2.37.